The zero-order chi connectivity index (χ0) is 16.6. The molecule has 1 unspecified atom stereocenters. The molecule has 0 saturated carbocycles. The third-order valence-corrected chi connectivity index (χ3v) is 7.64. The van der Waals surface area contributed by atoms with Crippen LogP contribution in [0.25, 0.3) is 0 Å². The van der Waals surface area contributed by atoms with Crippen LogP contribution in [-0.2, 0) is 9.84 Å². The number of aromatic nitrogens is 3. The average Bonchev–Trinajstić information content (AvgIpc) is 3.17. The van der Waals surface area contributed by atoms with E-state index in [0.717, 1.165) is 15.7 Å². The maximum absolute atomic E-state index is 12.5. The highest BCUT2D eigenvalue weighted by molar-refractivity contribution is 8.01. The van der Waals surface area contributed by atoms with Gasteiger partial charge >= 0.3 is 0 Å². The number of hydrogen-bond donors (Lipinski definition) is 0. The predicted octanol–water partition coefficient (Wildman–Crippen LogP) is 2.29. The zero-order valence-electron chi connectivity index (χ0n) is 12.9. The first-order valence-corrected chi connectivity index (χ1v) is 10.9. The van der Waals surface area contributed by atoms with Gasteiger partial charge in [-0.1, -0.05) is 23.1 Å². The van der Waals surface area contributed by atoms with Gasteiger partial charge in [0.1, 0.15) is 5.51 Å². The normalized spacial score (nSPS) is 20.0. The summed E-state index contributed by atoms with van der Waals surface area (Å²) < 4.78 is 26.2. The molecule has 9 heteroatoms. The Morgan fingerprint density at radius 2 is 2.26 bits per heavy atom. The standard InChI is InChI=1S/C14H17N3O3S3/c1-9-5-12(13(18)6-21-14-16-15-8-22-14)10(2)17(9)11-3-4-23(19,20)7-11/h5,8,11H,3-4,6-7H2,1-2H3. The molecule has 1 atom stereocenters. The summed E-state index contributed by atoms with van der Waals surface area (Å²) in [6, 6.07) is 1.81. The van der Waals surface area contributed by atoms with Crippen molar-refractivity contribution >= 4 is 38.7 Å². The summed E-state index contributed by atoms with van der Waals surface area (Å²) in [7, 11) is -2.95. The van der Waals surface area contributed by atoms with Gasteiger partial charge in [-0.15, -0.1) is 10.2 Å². The van der Waals surface area contributed by atoms with E-state index in [-0.39, 0.29) is 23.3 Å². The van der Waals surface area contributed by atoms with Gasteiger partial charge in [0.25, 0.3) is 0 Å². The third-order valence-electron chi connectivity index (χ3n) is 4.03. The van der Waals surface area contributed by atoms with Gasteiger partial charge in [-0.3, -0.25) is 4.79 Å². The molecule has 0 N–H and O–H groups in total. The van der Waals surface area contributed by atoms with Crippen molar-refractivity contribution in [3.8, 4) is 0 Å². The maximum atomic E-state index is 12.5. The summed E-state index contributed by atoms with van der Waals surface area (Å²) in [5.41, 5.74) is 4.10. The van der Waals surface area contributed by atoms with Crippen molar-refractivity contribution in [3.63, 3.8) is 0 Å². The number of ketones is 1. The number of thioether (sulfide) groups is 1. The van der Waals surface area contributed by atoms with E-state index < -0.39 is 9.84 Å². The van der Waals surface area contributed by atoms with Crippen molar-refractivity contribution in [2.45, 2.75) is 30.6 Å². The van der Waals surface area contributed by atoms with E-state index in [1.165, 1.54) is 23.1 Å². The monoisotopic (exact) mass is 371 g/mol. The lowest BCUT2D eigenvalue weighted by atomic mass is 10.2. The molecule has 2 aromatic heterocycles. The van der Waals surface area contributed by atoms with Gasteiger partial charge in [0, 0.05) is 23.0 Å². The summed E-state index contributed by atoms with van der Waals surface area (Å²) in [5.74, 6) is 0.731. The van der Waals surface area contributed by atoms with E-state index in [2.05, 4.69) is 10.2 Å². The van der Waals surface area contributed by atoms with Crippen LogP contribution in [0.4, 0.5) is 0 Å². The van der Waals surface area contributed by atoms with E-state index in [1.807, 2.05) is 24.5 Å². The Bertz CT molecular complexity index is 825. The molecule has 1 fully saturated rings. The first-order valence-electron chi connectivity index (χ1n) is 7.18. The van der Waals surface area contributed by atoms with E-state index in [1.54, 1.807) is 5.51 Å². The van der Waals surface area contributed by atoms with Crippen LogP contribution in [0.5, 0.6) is 0 Å². The summed E-state index contributed by atoms with van der Waals surface area (Å²) >= 11 is 2.79. The van der Waals surface area contributed by atoms with Gasteiger partial charge in [0.15, 0.2) is 20.0 Å². The van der Waals surface area contributed by atoms with Crippen molar-refractivity contribution in [1.82, 2.24) is 14.8 Å². The lowest BCUT2D eigenvalue weighted by Gasteiger charge is -2.16. The molecular weight excluding hydrogens is 354 g/mol. The molecule has 3 heterocycles. The Kier molecular flexibility index (Phi) is 4.61. The van der Waals surface area contributed by atoms with Crippen molar-refractivity contribution in [2.24, 2.45) is 0 Å². The minimum Gasteiger partial charge on any atom is -0.344 e. The minimum atomic E-state index is -2.95. The molecule has 1 saturated heterocycles. The summed E-state index contributed by atoms with van der Waals surface area (Å²) in [6.07, 6.45) is 0.617. The number of nitrogens with zero attached hydrogens (tertiary/aromatic N) is 3. The number of hydrogen-bond acceptors (Lipinski definition) is 7. The molecule has 3 rings (SSSR count). The van der Waals surface area contributed by atoms with Crippen LogP contribution in [-0.4, -0.2) is 46.2 Å². The van der Waals surface area contributed by atoms with Gasteiger partial charge in [0.2, 0.25) is 0 Å². The molecule has 0 bridgehead atoms. The van der Waals surface area contributed by atoms with E-state index in [4.69, 9.17) is 0 Å². The highest BCUT2D eigenvalue weighted by atomic mass is 32.2. The number of aryl methyl sites for hydroxylation is 1. The SMILES string of the molecule is Cc1cc(C(=O)CSc2nncs2)c(C)n1C1CCS(=O)(=O)C1. The Morgan fingerprint density at radius 3 is 2.87 bits per heavy atom. The number of carbonyl (C=O) groups is 1. The highest BCUT2D eigenvalue weighted by Gasteiger charge is 2.31. The second-order valence-corrected chi connectivity index (χ2v) is 9.91. The molecule has 0 aliphatic carbocycles. The molecule has 1 aliphatic heterocycles. The molecule has 0 amide bonds. The van der Waals surface area contributed by atoms with Gasteiger partial charge in [-0.25, -0.2) is 8.42 Å². The summed E-state index contributed by atoms with van der Waals surface area (Å²) in [5, 5.41) is 7.66. The van der Waals surface area contributed by atoms with Crippen molar-refractivity contribution in [2.75, 3.05) is 17.3 Å². The number of Topliss-reactive ketones (excluding diaryl/α,β-unsaturated/α-hetero) is 1. The first-order chi connectivity index (χ1) is 10.9. The molecular formula is C14H17N3O3S3. The molecule has 0 aromatic carbocycles. The quantitative estimate of drug-likeness (QED) is 0.592. The second kappa shape index (κ2) is 6.37. The molecule has 1 aliphatic rings. The van der Waals surface area contributed by atoms with Crippen LogP contribution >= 0.6 is 23.1 Å². The lowest BCUT2D eigenvalue weighted by Crippen LogP contribution is -2.14. The van der Waals surface area contributed by atoms with Crippen molar-refractivity contribution in [3.05, 3.63) is 28.5 Å². The van der Waals surface area contributed by atoms with Crippen molar-refractivity contribution < 1.29 is 13.2 Å². The summed E-state index contributed by atoms with van der Waals surface area (Å²) in [6.45, 7) is 3.81. The zero-order valence-corrected chi connectivity index (χ0v) is 15.3. The largest absolute Gasteiger partial charge is 0.344 e. The predicted molar refractivity (Wildman–Crippen MR) is 91.2 cm³/mol. The van der Waals surface area contributed by atoms with E-state index in [9.17, 15) is 13.2 Å². The third kappa shape index (κ3) is 3.51. The van der Waals surface area contributed by atoms with Crippen LogP contribution in [0.2, 0.25) is 0 Å². The van der Waals surface area contributed by atoms with Crippen LogP contribution in [0.3, 0.4) is 0 Å². The molecule has 23 heavy (non-hydrogen) atoms. The molecule has 6 nitrogen and oxygen atoms in total. The second-order valence-electron chi connectivity index (χ2n) is 5.63. The fourth-order valence-corrected chi connectivity index (χ4v) is 6.10. The highest BCUT2D eigenvalue weighted by Crippen LogP contribution is 2.30. The number of sulfone groups is 1. The smallest absolute Gasteiger partial charge is 0.174 e. The molecule has 124 valence electrons. The van der Waals surface area contributed by atoms with E-state index >= 15 is 0 Å². The first kappa shape index (κ1) is 16.7. The van der Waals surface area contributed by atoms with Crippen LogP contribution in [0.15, 0.2) is 15.9 Å². The van der Waals surface area contributed by atoms with Gasteiger partial charge in [-0.05, 0) is 26.3 Å². The van der Waals surface area contributed by atoms with Crippen LogP contribution in [0, 0.1) is 13.8 Å². The minimum absolute atomic E-state index is 0.0328. The number of carbonyl (C=O) groups excluding carboxylic acids is 1. The number of rotatable bonds is 5. The van der Waals surface area contributed by atoms with Gasteiger partial charge < -0.3 is 4.57 Å². The van der Waals surface area contributed by atoms with Crippen LogP contribution in [0.1, 0.15) is 34.2 Å². The molecule has 2 aromatic rings. The molecule has 0 spiro atoms. The van der Waals surface area contributed by atoms with Crippen molar-refractivity contribution in [1.29, 1.82) is 0 Å². The van der Waals surface area contributed by atoms with E-state index in [0.29, 0.717) is 17.7 Å². The average molecular weight is 372 g/mol. The summed E-state index contributed by atoms with van der Waals surface area (Å²) in [4.78, 5) is 12.5. The molecule has 0 radical (unpaired) electrons. The van der Waals surface area contributed by atoms with Gasteiger partial charge in [-0.2, -0.15) is 0 Å². The Hall–Kier alpha value is -1.19. The Labute approximate surface area is 143 Å². The topological polar surface area (TPSA) is 81.9 Å². The Balaban J connectivity index is 1.79. The fraction of sp³-hybridized carbons (Fsp3) is 0.500. The lowest BCUT2D eigenvalue weighted by molar-refractivity contribution is 0.102. The Morgan fingerprint density at radius 1 is 1.48 bits per heavy atom. The van der Waals surface area contributed by atoms with Gasteiger partial charge in [0.05, 0.1) is 17.3 Å². The van der Waals surface area contributed by atoms with Crippen LogP contribution < -0.4 is 0 Å². The maximum Gasteiger partial charge on any atom is 0.174 e. The fourth-order valence-electron chi connectivity index (χ4n) is 3.03.